The van der Waals surface area contributed by atoms with Gasteiger partial charge in [0, 0.05) is 43.4 Å². The summed E-state index contributed by atoms with van der Waals surface area (Å²) in [4.78, 5) is 14.8. The number of ether oxygens (including phenoxy) is 1. The van der Waals surface area contributed by atoms with Crippen LogP contribution in [0.15, 0.2) is 30.6 Å². The molecule has 11 heteroatoms. The Morgan fingerprint density at radius 3 is 2.45 bits per heavy atom. The Labute approximate surface area is 233 Å². The minimum atomic E-state index is -2.46. The van der Waals surface area contributed by atoms with Crippen molar-refractivity contribution < 1.29 is 13.5 Å². The van der Waals surface area contributed by atoms with E-state index in [0.29, 0.717) is 11.7 Å². The molecule has 0 spiro atoms. The first-order chi connectivity index (χ1) is 19.2. The van der Waals surface area contributed by atoms with E-state index in [1.165, 1.54) is 0 Å². The first kappa shape index (κ1) is 27.0. The van der Waals surface area contributed by atoms with Gasteiger partial charge in [-0.15, -0.1) is 10.2 Å². The fourth-order valence-corrected chi connectivity index (χ4v) is 6.59. The van der Waals surface area contributed by atoms with Crippen LogP contribution in [0, 0.1) is 12.8 Å². The predicted octanol–water partition coefficient (Wildman–Crippen LogP) is 5.20. The zero-order valence-corrected chi connectivity index (χ0v) is 23.8. The first-order valence-electron chi connectivity index (χ1n) is 14.3. The third-order valence-corrected chi connectivity index (χ3v) is 8.54. The molecule has 5 heterocycles. The van der Waals surface area contributed by atoms with Crippen LogP contribution in [0.1, 0.15) is 70.0 Å². The van der Waals surface area contributed by atoms with Gasteiger partial charge in [-0.3, -0.25) is 4.90 Å². The smallest absolute Gasteiger partial charge is 0.263 e. The molecule has 2 aliphatic rings. The summed E-state index contributed by atoms with van der Waals surface area (Å²) < 4.78 is 36.5. The van der Waals surface area contributed by atoms with Crippen LogP contribution in [0.2, 0.25) is 0 Å². The molecule has 0 radical (unpaired) electrons. The maximum Gasteiger partial charge on any atom is 0.263 e. The Hall–Kier alpha value is -3.18. The Kier molecular flexibility index (Phi) is 7.20. The molecule has 0 amide bonds. The van der Waals surface area contributed by atoms with Crippen LogP contribution in [-0.4, -0.2) is 71.9 Å². The molecule has 3 aromatic heterocycles. The highest BCUT2D eigenvalue weighted by molar-refractivity contribution is 5.87. The molecule has 0 saturated carbocycles. The van der Waals surface area contributed by atoms with E-state index in [0.717, 1.165) is 67.5 Å². The van der Waals surface area contributed by atoms with E-state index in [1.807, 2.05) is 23.5 Å². The molecule has 0 bridgehead atoms. The van der Waals surface area contributed by atoms with Gasteiger partial charge in [0.2, 0.25) is 0 Å². The quantitative estimate of drug-likeness (QED) is 0.312. The van der Waals surface area contributed by atoms with Crippen LogP contribution in [0.3, 0.4) is 0 Å². The molecule has 2 aliphatic heterocycles. The van der Waals surface area contributed by atoms with Crippen molar-refractivity contribution in [3.8, 4) is 0 Å². The molecular weight excluding hydrogens is 514 g/mol. The van der Waals surface area contributed by atoms with Gasteiger partial charge in [-0.1, -0.05) is 38.1 Å². The summed E-state index contributed by atoms with van der Waals surface area (Å²) in [6, 6.07) is 7.30. The average molecular weight is 553 g/mol. The van der Waals surface area contributed by atoms with E-state index in [4.69, 9.17) is 14.7 Å². The van der Waals surface area contributed by atoms with E-state index in [9.17, 15) is 8.78 Å². The maximum absolute atomic E-state index is 13.2. The molecule has 0 unspecified atom stereocenters. The number of halogens is 2. The summed E-state index contributed by atoms with van der Waals surface area (Å²) >= 11 is 0. The minimum Gasteiger partial charge on any atom is -0.376 e. The number of anilines is 1. The SMILES string of the molecule is Cc1nc2c(N3C[C@@H](C)N([C@H](c4ccc(C(F)F)cc4)C(C)C)C[C@@H]3C)nc3nncn3c2n1C[C@@H]1CCCO1. The summed E-state index contributed by atoms with van der Waals surface area (Å²) in [5.74, 6) is 2.61. The lowest BCUT2D eigenvalue weighted by Gasteiger charge is -2.49. The molecule has 6 rings (SSSR count). The standard InChI is InChI=1S/C29H38F2N8O/c1-17(2)25(21-8-10-22(11-9-21)26(30)31)36-13-19(4)37(14-18(36)3)27-24-28(39-16-32-35-29(39)34-27)38(20(5)33-24)15-23-7-6-12-40-23/h8-11,16-19,23,25-26H,6-7,12-15H2,1-5H3/t18-,19+,23+,25+/m1/s1. The molecular formula is C29H38F2N8O. The fourth-order valence-electron chi connectivity index (χ4n) is 6.59. The van der Waals surface area contributed by atoms with Gasteiger partial charge in [-0.25, -0.2) is 18.2 Å². The van der Waals surface area contributed by atoms with Gasteiger partial charge < -0.3 is 14.2 Å². The van der Waals surface area contributed by atoms with E-state index in [-0.39, 0.29) is 29.8 Å². The second kappa shape index (κ2) is 10.7. The van der Waals surface area contributed by atoms with Crippen molar-refractivity contribution in [1.82, 2.24) is 34.0 Å². The van der Waals surface area contributed by atoms with Crippen molar-refractivity contribution in [2.24, 2.45) is 5.92 Å². The Morgan fingerprint density at radius 2 is 1.77 bits per heavy atom. The van der Waals surface area contributed by atoms with Crippen molar-refractivity contribution in [3.05, 3.63) is 47.5 Å². The zero-order valence-electron chi connectivity index (χ0n) is 23.8. The molecule has 40 heavy (non-hydrogen) atoms. The third kappa shape index (κ3) is 4.72. The zero-order chi connectivity index (χ0) is 28.1. The predicted molar refractivity (Wildman–Crippen MR) is 150 cm³/mol. The Balaban J connectivity index is 1.34. The number of imidazole rings is 1. The summed E-state index contributed by atoms with van der Waals surface area (Å²) in [6.45, 7) is 14.0. The normalized spacial score (nSPS) is 23.3. The highest BCUT2D eigenvalue weighted by Crippen LogP contribution is 2.37. The number of fused-ring (bicyclic) bond motifs is 3. The van der Waals surface area contributed by atoms with Crippen LogP contribution in [-0.2, 0) is 11.3 Å². The number of hydrogen-bond donors (Lipinski definition) is 0. The average Bonchev–Trinajstić information content (AvgIpc) is 3.67. The van der Waals surface area contributed by atoms with Gasteiger partial charge in [-0.2, -0.15) is 4.98 Å². The van der Waals surface area contributed by atoms with Gasteiger partial charge >= 0.3 is 0 Å². The van der Waals surface area contributed by atoms with Crippen LogP contribution >= 0.6 is 0 Å². The van der Waals surface area contributed by atoms with Gasteiger partial charge in [-0.05, 0) is 45.1 Å². The molecule has 1 aromatic carbocycles. The van der Waals surface area contributed by atoms with E-state index in [2.05, 4.69) is 52.3 Å². The number of rotatable bonds is 7. The van der Waals surface area contributed by atoms with Gasteiger partial charge in [0.15, 0.2) is 11.5 Å². The number of nitrogens with zero attached hydrogens (tertiary/aromatic N) is 8. The van der Waals surface area contributed by atoms with Crippen molar-refractivity contribution in [3.63, 3.8) is 0 Å². The molecule has 9 nitrogen and oxygen atoms in total. The second-order valence-corrected chi connectivity index (χ2v) is 11.7. The number of aromatic nitrogens is 6. The van der Waals surface area contributed by atoms with Crippen LogP contribution in [0.4, 0.5) is 14.6 Å². The largest absolute Gasteiger partial charge is 0.376 e. The van der Waals surface area contributed by atoms with E-state index < -0.39 is 6.43 Å². The summed E-state index contributed by atoms with van der Waals surface area (Å²) in [5, 5.41) is 8.48. The lowest BCUT2D eigenvalue weighted by molar-refractivity contribution is 0.0821. The number of benzene rings is 1. The molecule has 214 valence electrons. The monoisotopic (exact) mass is 552 g/mol. The molecule has 4 aromatic rings. The van der Waals surface area contributed by atoms with Crippen molar-refractivity contribution in [1.29, 1.82) is 0 Å². The van der Waals surface area contributed by atoms with Gasteiger partial charge in [0.25, 0.3) is 12.2 Å². The topological polar surface area (TPSA) is 76.6 Å². The first-order valence-corrected chi connectivity index (χ1v) is 14.3. The fraction of sp³-hybridized carbons (Fsp3) is 0.586. The van der Waals surface area contributed by atoms with Gasteiger partial charge in [0.05, 0.1) is 12.6 Å². The van der Waals surface area contributed by atoms with E-state index >= 15 is 0 Å². The Morgan fingerprint density at radius 1 is 1.02 bits per heavy atom. The summed E-state index contributed by atoms with van der Waals surface area (Å²) in [6.07, 6.45) is 1.54. The minimum absolute atomic E-state index is 0.0608. The maximum atomic E-state index is 13.2. The molecule has 4 atom stereocenters. The van der Waals surface area contributed by atoms with Crippen LogP contribution < -0.4 is 4.90 Å². The van der Waals surface area contributed by atoms with Gasteiger partial charge in [0.1, 0.15) is 17.7 Å². The summed E-state index contributed by atoms with van der Waals surface area (Å²) in [7, 11) is 0. The van der Waals surface area contributed by atoms with Crippen LogP contribution in [0.25, 0.3) is 16.9 Å². The molecule has 2 saturated heterocycles. The van der Waals surface area contributed by atoms with Crippen molar-refractivity contribution in [2.75, 3.05) is 24.6 Å². The number of piperazine rings is 1. The molecule has 0 N–H and O–H groups in total. The molecule has 2 fully saturated rings. The number of hydrogen-bond acceptors (Lipinski definition) is 7. The highest BCUT2D eigenvalue weighted by atomic mass is 19.3. The summed E-state index contributed by atoms with van der Waals surface area (Å²) in [5.41, 5.74) is 2.92. The lowest BCUT2D eigenvalue weighted by atomic mass is 9.91. The second-order valence-electron chi connectivity index (χ2n) is 11.7. The number of aryl methyl sites for hydroxylation is 1. The van der Waals surface area contributed by atoms with Crippen molar-refractivity contribution >= 4 is 22.8 Å². The molecule has 0 aliphatic carbocycles. The van der Waals surface area contributed by atoms with Crippen LogP contribution in [0.5, 0.6) is 0 Å². The highest BCUT2D eigenvalue weighted by Gasteiger charge is 2.37. The van der Waals surface area contributed by atoms with Crippen molar-refractivity contribution in [2.45, 2.75) is 84.7 Å². The number of alkyl halides is 2. The lowest BCUT2D eigenvalue weighted by Crippen LogP contribution is -2.58. The Bertz CT molecular complexity index is 1480. The third-order valence-electron chi connectivity index (χ3n) is 8.54. The van der Waals surface area contributed by atoms with E-state index in [1.54, 1.807) is 18.5 Å².